The molecule has 1 heterocycles. The Kier molecular flexibility index (Phi) is 7.66. The topological polar surface area (TPSA) is 70.1 Å². The van der Waals surface area contributed by atoms with E-state index in [0.29, 0.717) is 11.5 Å². The molecule has 0 bridgehead atoms. The normalized spacial score (nSPS) is 14.2. The Labute approximate surface area is 177 Å². The first-order chi connectivity index (χ1) is 14.1. The monoisotopic (exact) mass is 414 g/mol. The van der Waals surface area contributed by atoms with E-state index < -0.39 is 0 Å². The number of nitrogens with zero attached hydrogens (tertiary/aromatic N) is 1. The van der Waals surface area contributed by atoms with E-state index in [2.05, 4.69) is 45.3 Å². The van der Waals surface area contributed by atoms with Gasteiger partial charge in [0.25, 0.3) is 0 Å². The number of hydrogen-bond acceptors (Lipinski definition) is 4. The van der Waals surface area contributed by atoms with Crippen LogP contribution in [-0.2, 0) is 4.79 Å². The quantitative estimate of drug-likeness (QED) is 0.414. The van der Waals surface area contributed by atoms with Crippen LogP contribution in [0, 0.1) is 0 Å². The molecule has 0 aromatic heterocycles. The van der Waals surface area contributed by atoms with Gasteiger partial charge < -0.3 is 19.9 Å². The van der Waals surface area contributed by atoms with Crippen molar-refractivity contribution in [3.8, 4) is 5.75 Å². The van der Waals surface area contributed by atoms with E-state index in [9.17, 15) is 4.79 Å². The molecule has 1 fully saturated rings. The highest BCUT2D eigenvalue weighted by molar-refractivity contribution is 7.80. The first-order valence-electron chi connectivity index (χ1n) is 9.77. The molecule has 0 aliphatic carbocycles. The van der Waals surface area contributed by atoms with Crippen molar-refractivity contribution in [3.05, 3.63) is 54.6 Å². The van der Waals surface area contributed by atoms with Crippen molar-refractivity contribution in [2.75, 3.05) is 50.1 Å². The minimum absolute atomic E-state index is 0.0677. The summed E-state index contributed by atoms with van der Waals surface area (Å²) in [7, 11) is 1.62. The fourth-order valence-electron chi connectivity index (χ4n) is 3.29. The average Bonchev–Trinajstić information content (AvgIpc) is 2.78. The number of carbonyl (C=O) groups is 1. The highest BCUT2D eigenvalue weighted by atomic mass is 32.1. The number of carbonyl (C=O) groups excluding carboxylic acids is 1. The van der Waals surface area contributed by atoms with Crippen LogP contribution in [0.15, 0.2) is 54.6 Å². The van der Waals surface area contributed by atoms with Crippen LogP contribution >= 0.6 is 12.2 Å². The van der Waals surface area contributed by atoms with Gasteiger partial charge in [0, 0.05) is 11.4 Å². The molecule has 1 amide bonds. The zero-order valence-electron chi connectivity index (χ0n) is 16.6. The van der Waals surface area contributed by atoms with Crippen molar-refractivity contribution in [3.63, 3.8) is 0 Å². The van der Waals surface area contributed by atoms with E-state index in [-0.39, 0.29) is 5.91 Å². The van der Waals surface area contributed by atoms with E-state index >= 15 is 0 Å². The van der Waals surface area contributed by atoms with Crippen molar-refractivity contribution in [1.29, 1.82) is 0 Å². The van der Waals surface area contributed by atoms with Gasteiger partial charge in [0.1, 0.15) is 5.75 Å². The van der Waals surface area contributed by atoms with Gasteiger partial charge in [-0.25, -0.2) is 0 Å². The third-order valence-electron chi connectivity index (χ3n) is 4.96. The minimum atomic E-state index is -0.0677. The Bertz CT molecular complexity index is 792. The lowest BCUT2D eigenvalue weighted by atomic mass is 10.2. The molecule has 0 radical (unpaired) electrons. The number of ether oxygens (including phenoxy) is 1. The van der Waals surface area contributed by atoms with E-state index in [1.807, 2.05) is 30.3 Å². The summed E-state index contributed by atoms with van der Waals surface area (Å²) in [6, 6.07) is 17.9. The maximum Gasteiger partial charge on any atom is 0.244 e. The van der Waals surface area contributed by atoms with Crippen molar-refractivity contribution in [2.45, 2.75) is 6.42 Å². The predicted molar refractivity (Wildman–Crippen MR) is 119 cm³/mol. The zero-order valence-corrected chi connectivity index (χ0v) is 17.4. The van der Waals surface area contributed by atoms with Crippen molar-refractivity contribution in [1.82, 2.24) is 10.9 Å². The van der Waals surface area contributed by atoms with Gasteiger partial charge in [0.05, 0.1) is 46.3 Å². The number of amides is 1. The lowest BCUT2D eigenvalue weighted by Crippen LogP contribution is -3.15. The van der Waals surface area contributed by atoms with Crippen LogP contribution in [0.25, 0.3) is 0 Å². The van der Waals surface area contributed by atoms with E-state index in [4.69, 9.17) is 17.0 Å². The summed E-state index contributed by atoms with van der Waals surface area (Å²) in [5.41, 5.74) is 7.49. The molecule has 0 spiro atoms. The first kappa shape index (κ1) is 20.9. The van der Waals surface area contributed by atoms with Gasteiger partial charge in [-0.1, -0.05) is 18.2 Å². The fourth-order valence-corrected chi connectivity index (χ4v) is 3.45. The van der Waals surface area contributed by atoms with Gasteiger partial charge in [0.2, 0.25) is 5.91 Å². The van der Waals surface area contributed by atoms with Crippen LogP contribution in [0.5, 0.6) is 5.75 Å². The third kappa shape index (κ3) is 6.62. The number of thiocarbonyl (C=S) groups is 1. The second kappa shape index (κ2) is 10.6. The average molecular weight is 415 g/mol. The molecule has 0 unspecified atom stereocenters. The van der Waals surface area contributed by atoms with Crippen molar-refractivity contribution in [2.24, 2.45) is 0 Å². The van der Waals surface area contributed by atoms with E-state index in [1.165, 1.54) is 10.6 Å². The van der Waals surface area contributed by atoms with Gasteiger partial charge in [-0.05, 0) is 48.6 Å². The summed E-state index contributed by atoms with van der Waals surface area (Å²) in [5, 5.41) is 3.35. The van der Waals surface area contributed by atoms with Crippen molar-refractivity contribution < 1.29 is 14.4 Å². The molecule has 4 N–H and O–H groups in total. The Morgan fingerprint density at radius 1 is 1.07 bits per heavy atom. The second-order valence-corrected chi connectivity index (χ2v) is 7.34. The Morgan fingerprint density at radius 3 is 2.41 bits per heavy atom. The van der Waals surface area contributed by atoms with Crippen LogP contribution in [0.3, 0.4) is 0 Å². The number of rotatable bonds is 6. The maximum atomic E-state index is 12.1. The smallest absolute Gasteiger partial charge is 0.244 e. The fraction of sp³-hybridized carbons (Fsp3) is 0.333. The minimum Gasteiger partial charge on any atom is -0.497 e. The van der Waals surface area contributed by atoms with Gasteiger partial charge in [-0.15, -0.1) is 0 Å². The highest BCUT2D eigenvalue weighted by Crippen LogP contribution is 2.14. The van der Waals surface area contributed by atoms with Gasteiger partial charge in [-0.3, -0.25) is 15.6 Å². The second-order valence-electron chi connectivity index (χ2n) is 6.93. The molecule has 1 saturated heterocycles. The summed E-state index contributed by atoms with van der Waals surface area (Å²) in [5.74, 6) is 0.705. The summed E-state index contributed by atoms with van der Waals surface area (Å²) < 4.78 is 5.12. The number of piperazine rings is 1. The van der Waals surface area contributed by atoms with Crippen LogP contribution in [0.1, 0.15) is 6.42 Å². The largest absolute Gasteiger partial charge is 0.497 e. The van der Waals surface area contributed by atoms with E-state index in [1.54, 1.807) is 7.11 Å². The summed E-state index contributed by atoms with van der Waals surface area (Å²) in [6.07, 6.45) is 0.457. The number of nitrogens with one attached hydrogen (secondary N) is 4. The summed E-state index contributed by atoms with van der Waals surface area (Å²) in [6.45, 7) is 4.90. The molecule has 1 aliphatic rings. The van der Waals surface area contributed by atoms with Crippen LogP contribution in [-0.4, -0.2) is 50.9 Å². The molecule has 8 heteroatoms. The molecule has 0 saturated carbocycles. The number of anilines is 2. The number of methoxy groups -OCH3 is 1. The number of para-hydroxylation sites is 1. The number of benzene rings is 2. The molecular weight excluding hydrogens is 386 g/mol. The molecule has 7 nitrogen and oxygen atoms in total. The highest BCUT2D eigenvalue weighted by Gasteiger charge is 2.20. The third-order valence-corrected chi connectivity index (χ3v) is 5.16. The molecule has 2 aromatic rings. The van der Waals surface area contributed by atoms with E-state index in [0.717, 1.165) is 44.2 Å². The predicted octanol–water partition coefficient (Wildman–Crippen LogP) is 0.808. The van der Waals surface area contributed by atoms with Gasteiger partial charge >= 0.3 is 0 Å². The lowest BCUT2D eigenvalue weighted by molar-refractivity contribution is -0.900. The molecular formula is C21H28N5O2S+. The Morgan fingerprint density at radius 2 is 1.76 bits per heavy atom. The molecule has 29 heavy (non-hydrogen) atoms. The molecule has 1 aliphatic heterocycles. The standard InChI is InChI=1S/C21H27N5O2S/c1-28-19-9-7-17(8-10-19)22-21(29)24-23-20(27)11-12-25-13-15-26(16-14-25)18-5-3-2-4-6-18/h2-10H,11-16H2,1H3,(H,23,27)(H2,22,24,29)/p+1. The SMILES string of the molecule is COc1ccc(NC(=S)NNC(=O)CC[NH+]2CCN(c3ccccc3)CC2)cc1. The van der Waals surface area contributed by atoms with Crippen LogP contribution in [0.4, 0.5) is 11.4 Å². The number of hydrogen-bond donors (Lipinski definition) is 4. The number of quaternary nitrogens is 1. The molecule has 2 aromatic carbocycles. The van der Waals surface area contributed by atoms with Crippen LogP contribution < -0.4 is 30.7 Å². The molecule has 154 valence electrons. The van der Waals surface area contributed by atoms with Crippen LogP contribution in [0.2, 0.25) is 0 Å². The first-order valence-corrected chi connectivity index (χ1v) is 10.2. The lowest BCUT2D eigenvalue weighted by Gasteiger charge is -2.33. The van der Waals surface area contributed by atoms with Crippen molar-refractivity contribution >= 4 is 34.6 Å². The number of hydrazine groups is 1. The Balaban J connectivity index is 1.31. The molecule has 0 atom stereocenters. The molecule has 3 rings (SSSR count). The van der Waals surface area contributed by atoms with Gasteiger partial charge in [-0.2, -0.15) is 0 Å². The Hall–Kier alpha value is -2.84. The maximum absolute atomic E-state index is 12.1. The summed E-state index contributed by atoms with van der Waals surface area (Å²) in [4.78, 5) is 16.0. The summed E-state index contributed by atoms with van der Waals surface area (Å²) >= 11 is 5.21. The van der Waals surface area contributed by atoms with Gasteiger partial charge in [0.15, 0.2) is 5.11 Å². The zero-order chi connectivity index (χ0) is 20.5.